The van der Waals surface area contributed by atoms with Crippen molar-refractivity contribution in [3.05, 3.63) is 54.1 Å². The molecule has 2 aliphatic heterocycles. The van der Waals surface area contributed by atoms with E-state index < -0.39 is 0 Å². The van der Waals surface area contributed by atoms with Crippen LogP contribution in [0.1, 0.15) is 12.0 Å². The van der Waals surface area contributed by atoms with Gasteiger partial charge < -0.3 is 15.5 Å². The van der Waals surface area contributed by atoms with Crippen LogP contribution < -0.4 is 15.5 Å². The molecule has 1 unspecified atom stereocenters. The van der Waals surface area contributed by atoms with Gasteiger partial charge in [0.05, 0.1) is 17.3 Å². The van der Waals surface area contributed by atoms with Gasteiger partial charge in [-0.15, -0.1) is 0 Å². The maximum Gasteiger partial charge on any atom is 0.228 e. The van der Waals surface area contributed by atoms with Crippen LogP contribution in [0.3, 0.4) is 0 Å². The number of hydrogen-bond donors (Lipinski definition) is 2. The molecule has 1 fully saturated rings. The van der Waals surface area contributed by atoms with Crippen molar-refractivity contribution in [2.45, 2.75) is 12.8 Å². The van der Waals surface area contributed by atoms with Gasteiger partial charge in [-0.1, -0.05) is 30.3 Å². The molecule has 0 spiro atoms. The molecular formula is C19H21N3O. The minimum absolute atomic E-state index is 0.0777. The Bertz CT molecular complexity index is 722. The summed E-state index contributed by atoms with van der Waals surface area (Å²) in [5, 5.41) is 6.39. The van der Waals surface area contributed by atoms with Gasteiger partial charge in [0.25, 0.3) is 0 Å². The van der Waals surface area contributed by atoms with Gasteiger partial charge in [0.15, 0.2) is 0 Å². The van der Waals surface area contributed by atoms with Gasteiger partial charge in [-0.2, -0.15) is 0 Å². The Kier molecular flexibility index (Phi) is 3.75. The van der Waals surface area contributed by atoms with E-state index in [1.165, 1.54) is 11.3 Å². The number of benzene rings is 2. The summed E-state index contributed by atoms with van der Waals surface area (Å²) < 4.78 is 0. The Labute approximate surface area is 136 Å². The first-order valence-electron chi connectivity index (χ1n) is 8.29. The second-order valence-electron chi connectivity index (χ2n) is 6.23. The lowest BCUT2D eigenvalue weighted by Crippen LogP contribution is -2.26. The second kappa shape index (κ2) is 6.05. The van der Waals surface area contributed by atoms with Crippen molar-refractivity contribution in [3.63, 3.8) is 0 Å². The summed E-state index contributed by atoms with van der Waals surface area (Å²) in [6.45, 7) is 2.66. The summed E-state index contributed by atoms with van der Waals surface area (Å²) in [4.78, 5) is 14.8. The van der Waals surface area contributed by atoms with E-state index in [4.69, 9.17) is 0 Å². The highest BCUT2D eigenvalue weighted by Gasteiger charge is 2.25. The van der Waals surface area contributed by atoms with E-state index >= 15 is 0 Å². The van der Waals surface area contributed by atoms with Gasteiger partial charge in [0.2, 0.25) is 5.91 Å². The highest BCUT2D eigenvalue weighted by Crippen LogP contribution is 2.38. The van der Waals surface area contributed by atoms with Crippen molar-refractivity contribution in [2.24, 2.45) is 5.92 Å². The number of rotatable bonds is 3. The topological polar surface area (TPSA) is 44.4 Å². The fourth-order valence-electron chi connectivity index (χ4n) is 3.52. The summed E-state index contributed by atoms with van der Waals surface area (Å²) in [5.41, 5.74) is 4.60. The van der Waals surface area contributed by atoms with Crippen molar-refractivity contribution < 1.29 is 4.79 Å². The SMILES string of the molecule is O=C(Nc1ccccc1N1CCc2ccccc21)C1CCNC1. The van der Waals surface area contributed by atoms with Crippen LogP contribution in [0, 0.1) is 5.92 Å². The number of para-hydroxylation sites is 3. The summed E-state index contributed by atoms with van der Waals surface area (Å²) in [7, 11) is 0. The first kappa shape index (κ1) is 14.3. The predicted octanol–water partition coefficient (Wildman–Crippen LogP) is 2.93. The lowest BCUT2D eigenvalue weighted by molar-refractivity contribution is -0.119. The summed E-state index contributed by atoms with van der Waals surface area (Å²) in [6.07, 6.45) is 1.96. The molecule has 1 atom stereocenters. The Morgan fingerprint density at radius 2 is 1.87 bits per heavy atom. The van der Waals surface area contributed by atoms with Crippen LogP contribution in [0.5, 0.6) is 0 Å². The van der Waals surface area contributed by atoms with Crippen molar-refractivity contribution in [2.75, 3.05) is 29.9 Å². The minimum Gasteiger partial charge on any atom is -0.339 e. The van der Waals surface area contributed by atoms with Crippen LogP contribution in [0.25, 0.3) is 0 Å². The molecular weight excluding hydrogens is 286 g/mol. The molecule has 4 rings (SSSR count). The number of amides is 1. The number of carbonyl (C=O) groups is 1. The van der Waals surface area contributed by atoms with Crippen LogP contribution in [0.4, 0.5) is 17.1 Å². The Morgan fingerprint density at radius 1 is 1.09 bits per heavy atom. The third kappa shape index (κ3) is 2.70. The molecule has 4 nitrogen and oxygen atoms in total. The molecule has 0 radical (unpaired) electrons. The van der Waals surface area contributed by atoms with Gasteiger partial charge >= 0.3 is 0 Å². The summed E-state index contributed by atoms with van der Waals surface area (Å²) in [6, 6.07) is 16.6. The quantitative estimate of drug-likeness (QED) is 0.916. The lowest BCUT2D eigenvalue weighted by Gasteiger charge is -2.23. The van der Waals surface area contributed by atoms with Gasteiger partial charge in [-0.05, 0) is 43.1 Å². The summed E-state index contributed by atoms with van der Waals surface area (Å²) in [5.74, 6) is 0.198. The Balaban J connectivity index is 1.62. The van der Waals surface area contributed by atoms with Crippen LogP contribution in [-0.4, -0.2) is 25.5 Å². The van der Waals surface area contributed by atoms with E-state index in [1.54, 1.807) is 0 Å². The molecule has 4 heteroatoms. The van der Waals surface area contributed by atoms with E-state index in [-0.39, 0.29) is 11.8 Å². The first-order chi connectivity index (χ1) is 11.3. The third-order valence-corrected chi connectivity index (χ3v) is 4.77. The molecule has 1 saturated heterocycles. The van der Waals surface area contributed by atoms with Gasteiger partial charge in [0.1, 0.15) is 0 Å². The zero-order valence-electron chi connectivity index (χ0n) is 13.1. The molecule has 0 aliphatic carbocycles. The molecule has 0 bridgehead atoms. The molecule has 2 heterocycles. The molecule has 0 saturated carbocycles. The van der Waals surface area contributed by atoms with E-state index in [1.807, 2.05) is 18.2 Å². The Hall–Kier alpha value is -2.33. The molecule has 2 aromatic rings. The van der Waals surface area contributed by atoms with E-state index in [0.29, 0.717) is 0 Å². The van der Waals surface area contributed by atoms with E-state index in [9.17, 15) is 4.79 Å². The van der Waals surface area contributed by atoms with Crippen LogP contribution in [-0.2, 0) is 11.2 Å². The fraction of sp³-hybridized carbons (Fsp3) is 0.316. The van der Waals surface area contributed by atoms with Crippen LogP contribution >= 0.6 is 0 Å². The second-order valence-corrected chi connectivity index (χ2v) is 6.23. The average molecular weight is 307 g/mol. The number of anilines is 3. The van der Waals surface area contributed by atoms with Crippen molar-refractivity contribution in [3.8, 4) is 0 Å². The predicted molar refractivity (Wildman–Crippen MR) is 93.2 cm³/mol. The fourth-order valence-corrected chi connectivity index (χ4v) is 3.52. The van der Waals surface area contributed by atoms with Gasteiger partial charge in [0, 0.05) is 18.8 Å². The molecule has 2 aliphatic rings. The monoisotopic (exact) mass is 307 g/mol. The largest absolute Gasteiger partial charge is 0.339 e. The van der Waals surface area contributed by atoms with Gasteiger partial charge in [-0.25, -0.2) is 0 Å². The van der Waals surface area contributed by atoms with Crippen molar-refractivity contribution in [1.29, 1.82) is 0 Å². The summed E-state index contributed by atoms with van der Waals surface area (Å²) >= 11 is 0. The smallest absolute Gasteiger partial charge is 0.228 e. The number of nitrogens with zero attached hydrogens (tertiary/aromatic N) is 1. The molecule has 118 valence electrons. The lowest BCUT2D eigenvalue weighted by atomic mass is 10.1. The molecule has 23 heavy (non-hydrogen) atoms. The van der Waals surface area contributed by atoms with Gasteiger partial charge in [-0.3, -0.25) is 4.79 Å². The highest BCUT2D eigenvalue weighted by molar-refractivity contribution is 5.97. The molecule has 2 aromatic carbocycles. The Morgan fingerprint density at radius 3 is 2.70 bits per heavy atom. The molecule has 0 aromatic heterocycles. The number of carbonyl (C=O) groups excluding carboxylic acids is 1. The first-order valence-corrected chi connectivity index (χ1v) is 8.29. The molecule has 1 amide bonds. The number of nitrogens with one attached hydrogen (secondary N) is 2. The normalized spacial score (nSPS) is 19.7. The molecule has 2 N–H and O–H groups in total. The zero-order valence-corrected chi connectivity index (χ0v) is 13.1. The van der Waals surface area contributed by atoms with E-state index in [0.717, 1.165) is 43.9 Å². The standard InChI is InChI=1S/C19H21N3O/c23-19(15-9-11-20-13-15)21-16-6-2-4-8-18(16)22-12-10-14-5-1-3-7-17(14)22/h1-8,15,20H,9-13H2,(H,21,23). The highest BCUT2D eigenvalue weighted by atomic mass is 16.1. The van der Waals surface area contributed by atoms with Crippen molar-refractivity contribution in [1.82, 2.24) is 5.32 Å². The average Bonchev–Trinajstić information content (AvgIpc) is 3.25. The minimum atomic E-state index is 0.0777. The zero-order chi connectivity index (χ0) is 15.6. The van der Waals surface area contributed by atoms with Crippen LogP contribution in [0.15, 0.2) is 48.5 Å². The van der Waals surface area contributed by atoms with Crippen LogP contribution in [0.2, 0.25) is 0 Å². The number of hydrogen-bond acceptors (Lipinski definition) is 3. The maximum atomic E-state index is 12.5. The number of fused-ring (bicyclic) bond motifs is 1. The third-order valence-electron chi connectivity index (χ3n) is 4.77. The van der Waals surface area contributed by atoms with Crippen molar-refractivity contribution >= 4 is 23.0 Å². The maximum absolute atomic E-state index is 12.5. The van der Waals surface area contributed by atoms with E-state index in [2.05, 4.69) is 45.9 Å².